The largest absolute Gasteiger partial charge is 0.479 e. The molecule has 0 radical (unpaired) electrons. The highest BCUT2D eigenvalue weighted by Gasteiger charge is 2.30. The molecule has 0 aromatic carbocycles. The molecule has 0 fully saturated rings. The standard InChI is InChI=1S/C17H25N5O3/c1-6-13(7-2)22-11(3)14(9-19-22)15(23)20-12-8-18-21(10-12)17(4,5)16(24)25/h8-10,13H,6-7H2,1-5H3,(H,20,23)(H,24,25). The molecule has 0 unspecified atom stereocenters. The molecule has 1 amide bonds. The number of carboxylic acids is 1. The molecule has 136 valence electrons. The number of rotatable bonds is 7. The Balaban J connectivity index is 2.19. The number of hydrogen-bond donors (Lipinski definition) is 2. The zero-order valence-electron chi connectivity index (χ0n) is 15.3. The molecular formula is C17H25N5O3. The monoisotopic (exact) mass is 347 g/mol. The molecule has 2 aromatic rings. The average molecular weight is 347 g/mol. The van der Waals surface area contributed by atoms with Crippen LogP contribution < -0.4 is 5.32 Å². The van der Waals surface area contributed by atoms with Crippen molar-refractivity contribution >= 4 is 17.6 Å². The number of carboxylic acid groups (broad SMARTS) is 1. The molecule has 8 heteroatoms. The van der Waals surface area contributed by atoms with Crippen molar-refractivity contribution in [2.45, 2.75) is 59.0 Å². The molecule has 0 aliphatic rings. The molecule has 8 nitrogen and oxygen atoms in total. The van der Waals surface area contributed by atoms with Crippen LogP contribution in [0.4, 0.5) is 5.69 Å². The summed E-state index contributed by atoms with van der Waals surface area (Å²) in [6.07, 6.45) is 6.39. The van der Waals surface area contributed by atoms with E-state index in [1.165, 1.54) is 30.9 Å². The summed E-state index contributed by atoms with van der Waals surface area (Å²) in [5, 5.41) is 20.4. The zero-order chi connectivity index (χ0) is 18.8. The first-order chi connectivity index (χ1) is 11.7. The van der Waals surface area contributed by atoms with Gasteiger partial charge in [-0.1, -0.05) is 13.8 Å². The van der Waals surface area contributed by atoms with Gasteiger partial charge in [-0.25, -0.2) is 4.79 Å². The fourth-order valence-electron chi connectivity index (χ4n) is 2.64. The number of carbonyl (C=O) groups is 2. The molecule has 0 aliphatic carbocycles. The molecule has 0 spiro atoms. The Kier molecular flexibility index (Phi) is 5.30. The quantitative estimate of drug-likeness (QED) is 0.802. The summed E-state index contributed by atoms with van der Waals surface area (Å²) in [5.41, 5.74) is 0.551. The van der Waals surface area contributed by atoms with Crippen molar-refractivity contribution < 1.29 is 14.7 Å². The predicted octanol–water partition coefficient (Wildman–Crippen LogP) is 2.82. The van der Waals surface area contributed by atoms with Crippen LogP contribution in [-0.2, 0) is 10.3 Å². The SMILES string of the molecule is CCC(CC)n1ncc(C(=O)Nc2cnn(C(C)(C)C(=O)O)c2)c1C. The maximum absolute atomic E-state index is 12.5. The second kappa shape index (κ2) is 7.08. The lowest BCUT2D eigenvalue weighted by Crippen LogP contribution is -2.35. The van der Waals surface area contributed by atoms with E-state index in [9.17, 15) is 14.7 Å². The topological polar surface area (TPSA) is 102 Å². The molecule has 0 saturated heterocycles. The highest BCUT2D eigenvalue weighted by molar-refractivity contribution is 6.04. The van der Waals surface area contributed by atoms with Crippen LogP contribution in [0, 0.1) is 6.92 Å². The van der Waals surface area contributed by atoms with E-state index in [0.29, 0.717) is 11.3 Å². The third-order valence-corrected chi connectivity index (χ3v) is 4.51. The maximum Gasteiger partial charge on any atom is 0.331 e. The molecule has 2 rings (SSSR count). The normalized spacial score (nSPS) is 11.8. The first-order valence-corrected chi connectivity index (χ1v) is 8.36. The summed E-state index contributed by atoms with van der Waals surface area (Å²) >= 11 is 0. The van der Waals surface area contributed by atoms with Gasteiger partial charge in [0.05, 0.1) is 29.7 Å². The predicted molar refractivity (Wildman–Crippen MR) is 93.7 cm³/mol. The summed E-state index contributed by atoms with van der Waals surface area (Å²) in [5.74, 6) is -1.29. The summed E-state index contributed by atoms with van der Waals surface area (Å²) in [6, 6.07) is 0.265. The van der Waals surface area contributed by atoms with Crippen LogP contribution in [0.1, 0.15) is 62.6 Å². The number of anilines is 1. The summed E-state index contributed by atoms with van der Waals surface area (Å²) in [6.45, 7) is 9.13. The molecule has 0 atom stereocenters. The molecule has 0 bridgehead atoms. The maximum atomic E-state index is 12.5. The average Bonchev–Trinajstić information content (AvgIpc) is 3.16. The van der Waals surface area contributed by atoms with E-state index in [1.54, 1.807) is 6.20 Å². The van der Waals surface area contributed by atoms with Crippen molar-refractivity contribution in [3.8, 4) is 0 Å². The minimum atomic E-state index is -1.20. The second-order valence-electron chi connectivity index (χ2n) is 6.55. The number of hydrogen-bond acceptors (Lipinski definition) is 4. The first-order valence-electron chi connectivity index (χ1n) is 8.36. The molecule has 2 N–H and O–H groups in total. The Morgan fingerprint density at radius 2 is 1.88 bits per heavy atom. The van der Waals surface area contributed by atoms with E-state index in [2.05, 4.69) is 29.4 Å². The van der Waals surface area contributed by atoms with E-state index >= 15 is 0 Å². The van der Waals surface area contributed by atoms with Gasteiger partial charge in [0, 0.05) is 11.9 Å². The Morgan fingerprint density at radius 1 is 1.24 bits per heavy atom. The minimum absolute atomic E-state index is 0.265. The number of carbonyl (C=O) groups excluding carboxylic acids is 1. The lowest BCUT2D eigenvalue weighted by Gasteiger charge is -2.19. The van der Waals surface area contributed by atoms with Gasteiger partial charge in [0.1, 0.15) is 0 Å². The first kappa shape index (κ1) is 18.7. The number of nitrogens with one attached hydrogen (secondary N) is 1. The van der Waals surface area contributed by atoms with Crippen LogP contribution in [0.5, 0.6) is 0 Å². The van der Waals surface area contributed by atoms with Crippen molar-refractivity contribution in [2.24, 2.45) is 0 Å². The molecular weight excluding hydrogens is 322 g/mol. The molecule has 2 heterocycles. The van der Waals surface area contributed by atoms with Crippen LogP contribution in [0.15, 0.2) is 18.6 Å². The van der Waals surface area contributed by atoms with Crippen LogP contribution in [0.2, 0.25) is 0 Å². The number of amides is 1. The lowest BCUT2D eigenvalue weighted by atomic mass is 10.1. The molecule has 0 saturated carbocycles. The number of nitrogens with zero attached hydrogens (tertiary/aromatic N) is 4. The smallest absolute Gasteiger partial charge is 0.331 e. The van der Waals surface area contributed by atoms with Crippen LogP contribution in [0.3, 0.4) is 0 Å². The van der Waals surface area contributed by atoms with Gasteiger partial charge in [-0.15, -0.1) is 0 Å². The Bertz CT molecular complexity index is 771. The summed E-state index contributed by atoms with van der Waals surface area (Å²) < 4.78 is 3.19. The highest BCUT2D eigenvalue weighted by Crippen LogP contribution is 2.21. The fourth-order valence-corrected chi connectivity index (χ4v) is 2.64. The van der Waals surface area contributed by atoms with Crippen LogP contribution in [-0.4, -0.2) is 36.5 Å². The Labute approximate surface area is 146 Å². The summed E-state index contributed by atoms with van der Waals surface area (Å²) in [7, 11) is 0. The van der Waals surface area contributed by atoms with Crippen molar-refractivity contribution in [2.75, 3.05) is 5.32 Å². The van der Waals surface area contributed by atoms with Crippen molar-refractivity contribution in [1.29, 1.82) is 0 Å². The van der Waals surface area contributed by atoms with E-state index in [0.717, 1.165) is 18.5 Å². The third kappa shape index (κ3) is 3.57. The van der Waals surface area contributed by atoms with Gasteiger partial charge in [-0.2, -0.15) is 10.2 Å². The summed E-state index contributed by atoms with van der Waals surface area (Å²) in [4.78, 5) is 23.8. The van der Waals surface area contributed by atoms with Gasteiger partial charge in [-0.3, -0.25) is 14.2 Å². The van der Waals surface area contributed by atoms with E-state index in [4.69, 9.17) is 0 Å². The van der Waals surface area contributed by atoms with Gasteiger partial charge < -0.3 is 10.4 Å². The van der Waals surface area contributed by atoms with Gasteiger partial charge in [0.2, 0.25) is 0 Å². The molecule has 25 heavy (non-hydrogen) atoms. The third-order valence-electron chi connectivity index (χ3n) is 4.51. The van der Waals surface area contributed by atoms with Gasteiger partial charge in [-0.05, 0) is 33.6 Å². The van der Waals surface area contributed by atoms with Crippen molar-refractivity contribution in [3.05, 3.63) is 29.8 Å². The lowest BCUT2D eigenvalue weighted by molar-refractivity contribution is -0.146. The Hall–Kier alpha value is -2.64. The zero-order valence-corrected chi connectivity index (χ0v) is 15.3. The van der Waals surface area contributed by atoms with Gasteiger partial charge in [0.25, 0.3) is 5.91 Å². The van der Waals surface area contributed by atoms with E-state index in [-0.39, 0.29) is 11.9 Å². The van der Waals surface area contributed by atoms with Crippen LogP contribution in [0.25, 0.3) is 0 Å². The van der Waals surface area contributed by atoms with Crippen molar-refractivity contribution in [1.82, 2.24) is 19.6 Å². The second-order valence-corrected chi connectivity index (χ2v) is 6.55. The van der Waals surface area contributed by atoms with Crippen LogP contribution >= 0.6 is 0 Å². The number of aromatic nitrogens is 4. The molecule has 0 aliphatic heterocycles. The fraction of sp³-hybridized carbons (Fsp3) is 0.529. The minimum Gasteiger partial charge on any atom is -0.479 e. The van der Waals surface area contributed by atoms with Gasteiger partial charge >= 0.3 is 5.97 Å². The highest BCUT2D eigenvalue weighted by atomic mass is 16.4. The Morgan fingerprint density at radius 3 is 2.44 bits per heavy atom. The number of aliphatic carboxylic acids is 1. The molecule has 2 aromatic heterocycles. The van der Waals surface area contributed by atoms with E-state index in [1.807, 2.05) is 11.6 Å². The van der Waals surface area contributed by atoms with Gasteiger partial charge in [0.15, 0.2) is 5.54 Å². The van der Waals surface area contributed by atoms with Crippen molar-refractivity contribution in [3.63, 3.8) is 0 Å². The van der Waals surface area contributed by atoms with E-state index < -0.39 is 11.5 Å².